The average Bonchev–Trinajstić information content (AvgIpc) is 2.43. The molecule has 0 fully saturated rings. The molecule has 0 radical (unpaired) electrons. The van der Waals surface area contributed by atoms with Crippen molar-refractivity contribution in [3.8, 4) is 0 Å². The monoisotopic (exact) mass is 324 g/mol. The molecule has 0 heterocycles. The van der Waals surface area contributed by atoms with Crippen LogP contribution in [0.15, 0.2) is 41.3 Å². The van der Waals surface area contributed by atoms with Crippen LogP contribution in [-0.4, -0.2) is 8.42 Å². The minimum absolute atomic E-state index is 0.172. The molecule has 4 nitrogen and oxygen atoms in total. The van der Waals surface area contributed by atoms with E-state index in [0.29, 0.717) is 17.3 Å². The second-order valence-corrected chi connectivity index (χ2v) is 6.97. The van der Waals surface area contributed by atoms with Crippen molar-refractivity contribution in [2.45, 2.75) is 25.3 Å². The van der Waals surface area contributed by atoms with Gasteiger partial charge in [0.15, 0.2) is 0 Å². The first kappa shape index (κ1) is 15.8. The minimum atomic E-state index is -3.69. The Kier molecular flexibility index (Phi) is 4.56. The third-order valence-corrected chi connectivity index (χ3v) is 4.91. The number of nitrogens with two attached hydrogens (primary N) is 1. The zero-order chi connectivity index (χ0) is 15.6. The van der Waals surface area contributed by atoms with Gasteiger partial charge in [-0.05, 0) is 54.8 Å². The molecule has 0 amide bonds. The summed E-state index contributed by atoms with van der Waals surface area (Å²) in [6.07, 6.45) is 0. The van der Waals surface area contributed by atoms with Crippen LogP contribution in [0, 0.1) is 13.8 Å². The normalized spacial score (nSPS) is 11.4. The largest absolute Gasteiger partial charge is 0.326 e. The Morgan fingerprint density at radius 2 is 1.86 bits per heavy atom. The molecular formula is C15H17ClN2O2S. The maximum atomic E-state index is 12.4. The van der Waals surface area contributed by atoms with Gasteiger partial charge in [0.2, 0.25) is 0 Å². The Balaban J connectivity index is 2.41. The predicted octanol–water partition coefficient (Wildman–Crippen LogP) is 3.22. The first-order valence-corrected chi connectivity index (χ1v) is 8.28. The fraction of sp³-hybridized carbons (Fsp3) is 0.200. The van der Waals surface area contributed by atoms with Crippen molar-refractivity contribution in [1.29, 1.82) is 0 Å². The lowest BCUT2D eigenvalue weighted by Crippen LogP contribution is -2.14. The first-order valence-electron chi connectivity index (χ1n) is 6.42. The van der Waals surface area contributed by atoms with Crippen LogP contribution >= 0.6 is 11.6 Å². The number of aryl methyl sites for hydroxylation is 2. The fourth-order valence-corrected chi connectivity index (χ4v) is 3.30. The van der Waals surface area contributed by atoms with Gasteiger partial charge in [-0.3, -0.25) is 4.72 Å². The molecule has 2 rings (SSSR count). The van der Waals surface area contributed by atoms with Gasteiger partial charge in [-0.15, -0.1) is 0 Å². The lowest BCUT2D eigenvalue weighted by Gasteiger charge is -2.12. The van der Waals surface area contributed by atoms with Gasteiger partial charge >= 0.3 is 0 Å². The number of halogens is 1. The van der Waals surface area contributed by atoms with Crippen LogP contribution in [0.2, 0.25) is 5.02 Å². The highest BCUT2D eigenvalue weighted by molar-refractivity contribution is 7.92. The fourth-order valence-electron chi connectivity index (χ4n) is 1.96. The van der Waals surface area contributed by atoms with Crippen LogP contribution < -0.4 is 10.5 Å². The van der Waals surface area contributed by atoms with E-state index in [0.717, 1.165) is 16.7 Å². The maximum Gasteiger partial charge on any atom is 0.261 e. The van der Waals surface area contributed by atoms with Gasteiger partial charge < -0.3 is 5.73 Å². The van der Waals surface area contributed by atoms with E-state index in [1.807, 2.05) is 19.9 Å². The van der Waals surface area contributed by atoms with Crippen molar-refractivity contribution >= 4 is 27.3 Å². The molecule has 0 saturated heterocycles. The van der Waals surface area contributed by atoms with Crippen molar-refractivity contribution in [3.63, 3.8) is 0 Å². The molecule has 2 aromatic carbocycles. The lowest BCUT2D eigenvalue weighted by molar-refractivity contribution is 0.601. The summed E-state index contributed by atoms with van der Waals surface area (Å²) in [6, 6.07) is 10.1. The standard InChI is InChI=1S/C15H17ClN2O2S/c1-10-3-6-14(16)15(7-10)18-21(19,20)13-5-4-11(2)12(8-13)9-17/h3-8,18H,9,17H2,1-2H3. The molecule has 3 N–H and O–H groups in total. The summed E-state index contributed by atoms with van der Waals surface area (Å²) in [5.41, 5.74) is 8.67. The number of hydrogen-bond donors (Lipinski definition) is 2. The maximum absolute atomic E-state index is 12.4. The number of rotatable bonds is 4. The first-order chi connectivity index (χ1) is 9.83. The predicted molar refractivity (Wildman–Crippen MR) is 86.1 cm³/mol. The van der Waals surface area contributed by atoms with E-state index >= 15 is 0 Å². The van der Waals surface area contributed by atoms with Crippen LogP contribution in [0.25, 0.3) is 0 Å². The van der Waals surface area contributed by atoms with E-state index < -0.39 is 10.0 Å². The molecule has 2 aromatic rings. The van der Waals surface area contributed by atoms with Crippen LogP contribution in [0.4, 0.5) is 5.69 Å². The van der Waals surface area contributed by atoms with E-state index in [-0.39, 0.29) is 4.90 Å². The van der Waals surface area contributed by atoms with Crippen LogP contribution in [0.5, 0.6) is 0 Å². The van der Waals surface area contributed by atoms with Gasteiger partial charge in [0.25, 0.3) is 10.0 Å². The van der Waals surface area contributed by atoms with E-state index in [1.165, 1.54) is 0 Å². The minimum Gasteiger partial charge on any atom is -0.326 e. The molecule has 0 aromatic heterocycles. The molecular weight excluding hydrogens is 308 g/mol. The highest BCUT2D eigenvalue weighted by Gasteiger charge is 2.16. The van der Waals surface area contributed by atoms with Crippen LogP contribution in [-0.2, 0) is 16.6 Å². The second-order valence-electron chi connectivity index (χ2n) is 4.88. The highest BCUT2D eigenvalue weighted by Crippen LogP contribution is 2.26. The molecule has 21 heavy (non-hydrogen) atoms. The van der Waals surface area contributed by atoms with E-state index in [1.54, 1.807) is 30.3 Å². The van der Waals surface area contributed by atoms with Gasteiger partial charge in [0.1, 0.15) is 0 Å². The zero-order valence-electron chi connectivity index (χ0n) is 11.9. The van der Waals surface area contributed by atoms with Gasteiger partial charge in [-0.1, -0.05) is 23.7 Å². The van der Waals surface area contributed by atoms with Gasteiger partial charge in [-0.25, -0.2) is 8.42 Å². The SMILES string of the molecule is Cc1ccc(Cl)c(NS(=O)(=O)c2ccc(C)c(CN)c2)c1. The topological polar surface area (TPSA) is 72.2 Å². The molecule has 0 aliphatic carbocycles. The summed E-state index contributed by atoms with van der Waals surface area (Å²) in [6.45, 7) is 4.05. The van der Waals surface area contributed by atoms with Crippen molar-refractivity contribution in [3.05, 3.63) is 58.1 Å². The molecule has 6 heteroatoms. The smallest absolute Gasteiger partial charge is 0.261 e. The molecule has 0 aliphatic rings. The number of nitrogens with one attached hydrogen (secondary N) is 1. The van der Waals surface area contributed by atoms with Gasteiger partial charge in [-0.2, -0.15) is 0 Å². The average molecular weight is 325 g/mol. The third kappa shape index (κ3) is 3.56. The molecule has 0 saturated carbocycles. The summed E-state index contributed by atoms with van der Waals surface area (Å²) >= 11 is 6.03. The molecule has 0 aliphatic heterocycles. The van der Waals surface area contributed by atoms with Crippen molar-refractivity contribution in [2.75, 3.05) is 4.72 Å². The van der Waals surface area contributed by atoms with E-state index in [4.69, 9.17) is 17.3 Å². The van der Waals surface area contributed by atoms with E-state index in [2.05, 4.69) is 4.72 Å². The van der Waals surface area contributed by atoms with Crippen molar-refractivity contribution in [1.82, 2.24) is 0 Å². The second kappa shape index (κ2) is 6.05. The summed E-state index contributed by atoms with van der Waals surface area (Å²) < 4.78 is 27.4. The van der Waals surface area contributed by atoms with Crippen molar-refractivity contribution < 1.29 is 8.42 Å². The summed E-state index contributed by atoms with van der Waals surface area (Å²) in [4.78, 5) is 0.172. The Bertz CT molecular complexity index is 773. The number of sulfonamides is 1. The number of hydrogen-bond acceptors (Lipinski definition) is 3. The van der Waals surface area contributed by atoms with Crippen LogP contribution in [0.1, 0.15) is 16.7 Å². The Morgan fingerprint density at radius 1 is 1.14 bits per heavy atom. The Labute approximate surface area is 130 Å². The van der Waals surface area contributed by atoms with Gasteiger partial charge in [0, 0.05) is 6.54 Å². The molecule has 0 unspecified atom stereocenters. The van der Waals surface area contributed by atoms with Gasteiger partial charge in [0.05, 0.1) is 15.6 Å². The molecule has 0 bridgehead atoms. The molecule has 0 spiro atoms. The number of benzene rings is 2. The Morgan fingerprint density at radius 3 is 2.52 bits per heavy atom. The molecule has 112 valence electrons. The zero-order valence-corrected chi connectivity index (χ0v) is 13.4. The lowest BCUT2D eigenvalue weighted by atomic mass is 10.1. The number of anilines is 1. The summed E-state index contributed by atoms with van der Waals surface area (Å²) in [7, 11) is -3.69. The third-order valence-electron chi connectivity index (χ3n) is 3.22. The Hall–Kier alpha value is -1.56. The van der Waals surface area contributed by atoms with E-state index in [9.17, 15) is 8.42 Å². The quantitative estimate of drug-likeness (QED) is 0.907. The van der Waals surface area contributed by atoms with Crippen LogP contribution in [0.3, 0.4) is 0 Å². The summed E-state index contributed by atoms with van der Waals surface area (Å²) in [5.74, 6) is 0. The van der Waals surface area contributed by atoms with Crippen molar-refractivity contribution in [2.24, 2.45) is 5.73 Å². The summed E-state index contributed by atoms with van der Waals surface area (Å²) in [5, 5.41) is 0.357. The molecule has 0 atom stereocenters. The highest BCUT2D eigenvalue weighted by atomic mass is 35.5.